The number of halogens is 3. The van der Waals surface area contributed by atoms with Crippen LogP contribution in [0.2, 0.25) is 0 Å². The van der Waals surface area contributed by atoms with E-state index in [9.17, 15) is 13.2 Å². The maximum absolute atomic E-state index is 12.7. The second-order valence-electron chi connectivity index (χ2n) is 5.71. The molecule has 0 spiro atoms. The van der Waals surface area contributed by atoms with Gasteiger partial charge in [-0.1, -0.05) is 49.4 Å². The van der Waals surface area contributed by atoms with Crippen molar-refractivity contribution >= 4 is 0 Å². The Morgan fingerprint density at radius 3 is 1.74 bits per heavy atom. The Morgan fingerprint density at radius 2 is 1.30 bits per heavy atom. The summed E-state index contributed by atoms with van der Waals surface area (Å²) in [5, 5.41) is 0. The lowest BCUT2D eigenvalue weighted by Gasteiger charge is -2.34. The maximum Gasteiger partial charge on any atom is 0.416 e. The van der Waals surface area contributed by atoms with Crippen molar-refractivity contribution in [1.29, 1.82) is 0 Å². The highest BCUT2D eigenvalue weighted by molar-refractivity contribution is 5.27. The van der Waals surface area contributed by atoms with Gasteiger partial charge in [-0.2, -0.15) is 13.2 Å². The van der Waals surface area contributed by atoms with E-state index in [2.05, 4.69) is 30.9 Å². The molecule has 0 amide bonds. The normalized spacial score (nSPS) is 14.7. The summed E-state index contributed by atoms with van der Waals surface area (Å²) in [6.45, 7) is 7.04. The first-order chi connectivity index (χ1) is 10.8. The molecule has 0 aliphatic carbocycles. The largest absolute Gasteiger partial charge is 0.416 e. The first-order valence-corrected chi connectivity index (χ1v) is 7.82. The molecule has 0 fully saturated rings. The minimum absolute atomic E-state index is 0.0393. The molecule has 0 aromatic heterocycles. The molecule has 0 aliphatic heterocycles. The lowest BCUT2D eigenvalue weighted by molar-refractivity contribution is -0.137. The van der Waals surface area contributed by atoms with Crippen molar-refractivity contribution in [3.8, 4) is 0 Å². The van der Waals surface area contributed by atoms with Crippen LogP contribution in [0.3, 0.4) is 0 Å². The van der Waals surface area contributed by atoms with Crippen LogP contribution in [-0.4, -0.2) is 11.4 Å². The summed E-state index contributed by atoms with van der Waals surface area (Å²) in [4.78, 5) is 2.28. The lowest BCUT2D eigenvalue weighted by atomic mass is 10.0. The van der Waals surface area contributed by atoms with E-state index in [0.29, 0.717) is 0 Å². The molecule has 2 atom stereocenters. The Bertz CT molecular complexity index is 605. The van der Waals surface area contributed by atoms with Gasteiger partial charge in [0.15, 0.2) is 0 Å². The van der Waals surface area contributed by atoms with Gasteiger partial charge in [-0.15, -0.1) is 0 Å². The van der Waals surface area contributed by atoms with Crippen LogP contribution < -0.4 is 0 Å². The van der Waals surface area contributed by atoms with E-state index in [4.69, 9.17) is 0 Å². The zero-order chi connectivity index (χ0) is 17.0. The van der Waals surface area contributed by atoms with Crippen molar-refractivity contribution in [3.63, 3.8) is 0 Å². The lowest BCUT2D eigenvalue weighted by Crippen LogP contribution is -2.29. The maximum atomic E-state index is 12.7. The molecule has 23 heavy (non-hydrogen) atoms. The van der Waals surface area contributed by atoms with Gasteiger partial charge in [0.05, 0.1) is 5.56 Å². The molecular weight excluding hydrogens is 299 g/mol. The predicted molar refractivity (Wildman–Crippen MR) is 87.1 cm³/mol. The zero-order valence-electron chi connectivity index (χ0n) is 13.6. The van der Waals surface area contributed by atoms with Crippen LogP contribution in [0, 0.1) is 0 Å². The summed E-state index contributed by atoms with van der Waals surface area (Å²) < 4.78 is 38.1. The number of benzene rings is 2. The standard InChI is InChI=1S/C19H22F3N/c1-4-23(14(2)16-8-6-5-7-9-16)15(3)17-10-12-18(13-11-17)19(20,21)22/h5-15H,4H2,1-3H3/t14?,15-/m0/s1. The summed E-state index contributed by atoms with van der Waals surface area (Å²) in [7, 11) is 0. The summed E-state index contributed by atoms with van der Waals surface area (Å²) >= 11 is 0. The third-order valence-corrected chi connectivity index (χ3v) is 4.36. The molecule has 0 heterocycles. The molecule has 0 radical (unpaired) electrons. The summed E-state index contributed by atoms with van der Waals surface area (Å²) in [6.07, 6.45) is -4.29. The van der Waals surface area contributed by atoms with Crippen molar-refractivity contribution in [3.05, 3.63) is 71.3 Å². The molecule has 1 unspecified atom stereocenters. The Hall–Kier alpha value is -1.81. The van der Waals surface area contributed by atoms with Crippen LogP contribution in [0.1, 0.15) is 49.5 Å². The SMILES string of the molecule is CCN(C(C)c1ccccc1)[C@@H](C)c1ccc(C(F)(F)F)cc1. The molecule has 2 aromatic carbocycles. The number of nitrogens with zero attached hydrogens (tertiary/aromatic N) is 1. The van der Waals surface area contributed by atoms with Gasteiger partial charge in [-0.3, -0.25) is 4.90 Å². The van der Waals surface area contributed by atoms with Gasteiger partial charge in [0, 0.05) is 12.1 Å². The average molecular weight is 321 g/mol. The van der Waals surface area contributed by atoms with Crippen LogP contribution >= 0.6 is 0 Å². The smallest absolute Gasteiger partial charge is 0.290 e. The predicted octanol–water partition coefficient (Wildman–Crippen LogP) is 5.85. The Kier molecular flexibility index (Phi) is 5.47. The quantitative estimate of drug-likeness (QED) is 0.667. The Balaban J connectivity index is 2.21. The Morgan fingerprint density at radius 1 is 0.826 bits per heavy atom. The molecule has 0 saturated heterocycles. The third kappa shape index (κ3) is 4.14. The molecule has 4 heteroatoms. The number of hydrogen-bond donors (Lipinski definition) is 0. The van der Waals surface area contributed by atoms with Crippen molar-refractivity contribution in [2.24, 2.45) is 0 Å². The van der Waals surface area contributed by atoms with E-state index < -0.39 is 11.7 Å². The monoisotopic (exact) mass is 321 g/mol. The van der Waals surface area contributed by atoms with Crippen molar-refractivity contribution in [2.75, 3.05) is 6.54 Å². The van der Waals surface area contributed by atoms with Crippen LogP contribution in [-0.2, 0) is 6.18 Å². The highest BCUT2D eigenvalue weighted by atomic mass is 19.4. The van der Waals surface area contributed by atoms with E-state index in [-0.39, 0.29) is 12.1 Å². The van der Waals surface area contributed by atoms with Crippen molar-refractivity contribution < 1.29 is 13.2 Å². The fourth-order valence-corrected chi connectivity index (χ4v) is 2.95. The van der Waals surface area contributed by atoms with Gasteiger partial charge in [0.2, 0.25) is 0 Å². The topological polar surface area (TPSA) is 3.24 Å². The van der Waals surface area contributed by atoms with Gasteiger partial charge in [0.25, 0.3) is 0 Å². The first-order valence-electron chi connectivity index (χ1n) is 7.82. The second kappa shape index (κ2) is 7.18. The highest BCUT2D eigenvalue weighted by Gasteiger charge is 2.30. The number of alkyl halides is 3. The van der Waals surface area contributed by atoms with E-state index >= 15 is 0 Å². The molecule has 0 aliphatic rings. The van der Waals surface area contributed by atoms with Crippen LogP contribution in [0.25, 0.3) is 0 Å². The summed E-state index contributed by atoms with van der Waals surface area (Å²) in [5.74, 6) is 0. The molecule has 2 rings (SSSR count). The first kappa shape index (κ1) is 17.5. The van der Waals surface area contributed by atoms with Gasteiger partial charge < -0.3 is 0 Å². The fourth-order valence-electron chi connectivity index (χ4n) is 2.95. The second-order valence-corrected chi connectivity index (χ2v) is 5.71. The average Bonchev–Trinajstić information content (AvgIpc) is 2.55. The highest BCUT2D eigenvalue weighted by Crippen LogP contribution is 2.33. The minimum Gasteiger partial charge on any atom is -0.290 e. The summed E-state index contributed by atoms with van der Waals surface area (Å²) in [5.41, 5.74) is 1.49. The molecular formula is C19H22F3N. The van der Waals surface area contributed by atoms with Gasteiger partial charge >= 0.3 is 6.18 Å². The number of rotatable bonds is 5. The molecule has 2 aromatic rings. The third-order valence-electron chi connectivity index (χ3n) is 4.36. The van der Waals surface area contributed by atoms with E-state index in [1.54, 1.807) is 12.1 Å². The molecule has 0 N–H and O–H groups in total. The van der Waals surface area contributed by atoms with Crippen LogP contribution in [0.15, 0.2) is 54.6 Å². The zero-order valence-corrected chi connectivity index (χ0v) is 13.6. The molecule has 0 saturated carbocycles. The van der Waals surface area contributed by atoms with Crippen molar-refractivity contribution in [2.45, 2.75) is 39.0 Å². The fraction of sp³-hybridized carbons (Fsp3) is 0.368. The molecule has 1 nitrogen and oxygen atoms in total. The van der Waals surface area contributed by atoms with E-state index in [1.807, 2.05) is 25.1 Å². The minimum atomic E-state index is -4.29. The van der Waals surface area contributed by atoms with E-state index in [0.717, 1.165) is 24.2 Å². The van der Waals surface area contributed by atoms with Gasteiger partial charge in [-0.05, 0) is 43.7 Å². The van der Waals surface area contributed by atoms with E-state index in [1.165, 1.54) is 5.56 Å². The molecule has 0 bridgehead atoms. The van der Waals surface area contributed by atoms with Crippen LogP contribution in [0.5, 0.6) is 0 Å². The van der Waals surface area contributed by atoms with Gasteiger partial charge in [0.1, 0.15) is 0 Å². The molecule has 124 valence electrons. The Labute approximate surface area is 135 Å². The van der Waals surface area contributed by atoms with Gasteiger partial charge in [-0.25, -0.2) is 0 Å². The van der Waals surface area contributed by atoms with Crippen molar-refractivity contribution in [1.82, 2.24) is 4.90 Å². The number of hydrogen-bond acceptors (Lipinski definition) is 1. The van der Waals surface area contributed by atoms with Crippen LogP contribution in [0.4, 0.5) is 13.2 Å². The summed E-state index contributed by atoms with van der Waals surface area (Å²) in [6, 6.07) is 15.8.